The first-order valence-electron chi connectivity index (χ1n) is 16.0. The number of hydrogen-bond donors (Lipinski definition) is 2. The molecule has 0 aromatic heterocycles. The van der Waals surface area contributed by atoms with Crippen LogP contribution in [0.1, 0.15) is 32.8 Å². The van der Waals surface area contributed by atoms with Crippen molar-refractivity contribution in [1.29, 1.82) is 0 Å². The van der Waals surface area contributed by atoms with Gasteiger partial charge >= 0.3 is 30.0 Å². The van der Waals surface area contributed by atoms with Crippen LogP contribution in [-0.4, -0.2) is 138 Å². The molecule has 0 spiro atoms. The maximum absolute atomic E-state index is 13.2. The lowest BCUT2D eigenvalue weighted by molar-refractivity contribution is -0.282. The Labute approximate surface area is 311 Å². The highest BCUT2D eigenvalue weighted by Crippen LogP contribution is 2.34. The molecule has 2 rings (SSSR count). The topological polar surface area (TPSA) is 255 Å². The molecule has 5 atom stereocenters. The summed E-state index contributed by atoms with van der Waals surface area (Å²) < 4.78 is 65.6. The maximum Gasteiger partial charge on any atom is 0.407 e. The van der Waals surface area contributed by atoms with Crippen molar-refractivity contribution in [2.45, 2.75) is 64.5 Å². The van der Waals surface area contributed by atoms with E-state index >= 15 is 0 Å². The SMILES string of the molecule is C#CCOCCC(=O)N(C)CC(=O)Nc1cc(COC(=O)NCCS(C)(=O)=O)ccc1O[C@@H]1OC(C(=O)OC)[C@@H](OC(C)=O)[C@H](OC(C)=O)C1OC(C)=O. The number of carbonyl (C=O) groups is 7. The van der Waals surface area contributed by atoms with Crippen LogP contribution in [0.15, 0.2) is 18.2 Å². The van der Waals surface area contributed by atoms with Crippen molar-refractivity contribution in [3.63, 3.8) is 0 Å². The average Bonchev–Trinajstić information content (AvgIpc) is 3.07. The third-order valence-electron chi connectivity index (χ3n) is 6.96. The number of esters is 4. The number of nitrogens with one attached hydrogen (secondary N) is 2. The van der Waals surface area contributed by atoms with E-state index in [-0.39, 0.29) is 55.5 Å². The Balaban J connectivity index is 2.49. The standard InChI is InChI=1S/C33H43N3O17S/c1-8-13-47-14-11-26(41)36(5)17-25(40)35-23-16-22(18-48-33(43)34-12-15-54(7,44)45)9-10-24(23)52-32-30(51-21(4)39)28(50-20(3)38)27(49-19(2)37)29(53-32)31(42)46-6/h1,9-10,16,27-30,32H,11-15,17-18H2,2-7H3,(H,34,43)(H,35,40)/t27-,28-,29?,30?,32+/m0/s1. The number of rotatable bonds is 18. The number of ether oxygens (including phenoxy) is 8. The molecule has 298 valence electrons. The molecule has 2 N–H and O–H groups in total. The summed E-state index contributed by atoms with van der Waals surface area (Å²) in [6.07, 6.45) is -3.48. The van der Waals surface area contributed by atoms with E-state index in [9.17, 15) is 42.0 Å². The number of anilines is 1. The Morgan fingerprint density at radius 2 is 1.59 bits per heavy atom. The lowest BCUT2D eigenvalue weighted by Crippen LogP contribution is -2.64. The van der Waals surface area contributed by atoms with Crippen molar-refractivity contribution in [2.24, 2.45) is 0 Å². The first-order chi connectivity index (χ1) is 25.3. The van der Waals surface area contributed by atoms with E-state index in [2.05, 4.69) is 16.6 Å². The smallest absolute Gasteiger partial charge is 0.407 e. The second-order valence-corrected chi connectivity index (χ2v) is 13.8. The highest BCUT2D eigenvalue weighted by molar-refractivity contribution is 7.90. The molecule has 1 aromatic carbocycles. The van der Waals surface area contributed by atoms with Crippen LogP contribution in [0.3, 0.4) is 0 Å². The second kappa shape index (κ2) is 21.3. The molecular formula is C33H43N3O17S. The summed E-state index contributed by atoms with van der Waals surface area (Å²) in [5.41, 5.74) is 0.162. The van der Waals surface area contributed by atoms with Gasteiger partial charge in [-0.1, -0.05) is 12.0 Å². The van der Waals surface area contributed by atoms with Crippen LogP contribution in [0.5, 0.6) is 5.75 Å². The number of methoxy groups -OCH3 is 1. The van der Waals surface area contributed by atoms with Gasteiger partial charge in [0, 0.05) is 40.6 Å². The highest BCUT2D eigenvalue weighted by atomic mass is 32.2. The van der Waals surface area contributed by atoms with Crippen molar-refractivity contribution >= 4 is 57.3 Å². The number of amides is 3. The summed E-state index contributed by atoms with van der Waals surface area (Å²) >= 11 is 0. The molecule has 3 amide bonds. The van der Waals surface area contributed by atoms with Crippen LogP contribution in [0.25, 0.3) is 0 Å². The highest BCUT2D eigenvalue weighted by Gasteiger charge is 2.56. The molecule has 2 unspecified atom stereocenters. The van der Waals surface area contributed by atoms with Gasteiger partial charge in [-0.25, -0.2) is 18.0 Å². The molecule has 21 heteroatoms. The minimum atomic E-state index is -3.35. The molecule has 1 saturated heterocycles. The number of nitrogens with zero attached hydrogens (tertiary/aromatic N) is 1. The van der Waals surface area contributed by atoms with Gasteiger partial charge in [0.05, 0.1) is 38.1 Å². The van der Waals surface area contributed by atoms with E-state index in [0.717, 1.165) is 39.0 Å². The van der Waals surface area contributed by atoms with E-state index in [1.54, 1.807) is 0 Å². The molecular weight excluding hydrogens is 742 g/mol. The van der Waals surface area contributed by atoms with Crippen LogP contribution >= 0.6 is 0 Å². The van der Waals surface area contributed by atoms with Gasteiger partial charge in [-0.2, -0.15) is 0 Å². The fourth-order valence-electron chi connectivity index (χ4n) is 4.68. The number of likely N-dealkylation sites (N-methyl/N-ethyl adjacent to an activating group) is 1. The summed E-state index contributed by atoms with van der Waals surface area (Å²) in [5.74, 6) is -3.27. The fraction of sp³-hybridized carbons (Fsp3) is 0.545. The van der Waals surface area contributed by atoms with Crippen molar-refractivity contribution in [3.05, 3.63) is 23.8 Å². The summed E-state index contributed by atoms with van der Waals surface area (Å²) in [5, 5.41) is 4.87. The van der Waals surface area contributed by atoms with Gasteiger partial charge in [-0.3, -0.25) is 24.0 Å². The summed E-state index contributed by atoms with van der Waals surface area (Å²) in [7, 11) is -0.972. The molecule has 0 radical (unpaired) electrons. The summed E-state index contributed by atoms with van der Waals surface area (Å²) in [4.78, 5) is 88.3. The van der Waals surface area contributed by atoms with Gasteiger partial charge in [0.15, 0.2) is 18.3 Å². The lowest BCUT2D eigenvalue weighted by Gasteiger charge is -2.43. The molecule has 1 fully saturated rings. The van der Waals surface area contributed by atoms with Gasteiger partial charge in [0.1, 0.15) is 28.8 Å². The number of terminal acetylenes is 1. The normalized spacial score (nSPS) is 19.2. The predicted molar refractivity (Wildman–Crippen MR) is 183 cm³/mol. The van der Waals surface area contributed by atoms with Crippen LogP contribution < -0.4 is 15.4 Å². The van der Waals surface area contributed by atoms with Gasteiger partial charge in [0.2, 0.25) is 24.2 Å². The molecule has 54 heavy (non-hydrogen) atoms. The Morgan fingerprint density at radius 3 is 2.19 bits per heavy atom. The van der Waals surface area contributed by atoms with Crippen LogP contribution in [0.4, 0.5) is 10.5 Å². The summed E-state index contributed by atoms with van der Waals surface area (Å²) in [6.45, 7) is 2.00. The molecule has 1 aliphatic rings. The van der Waals surface area contributed by atoms with E-state index in [1.165, 1.54) is 25.2 Å². The Hall–Kier alpha value is -5.46. The minimum Gasteiger partial charge on any atom is -0.467 e. The molecule has 1 heterocycles. The van der Waals surface area contributed by atoms with E-state index in [1.807, 2.05) is 0 Å². The van der Waals surface area contributed by atoms with Crippen molar-refractivity contribution in [2.75, 3.05) is 57.8 Å². The third kappa shape index (κ3) is 15.3. The third-order valence-corrected chi connectivity index (χ3v) is 7.91. The lowest BCUT2D eigenvalue weighted by atomic mass is 9.97. The number of carbonyl (C=O) groups excluding carboxylic acids is 7. The van der Waals surface area contributed by atoms with E-state index < -0.39 is 88.9 Å². The number of alkyl carbamates (subject to hydrolysis) is 1. The van der Waals surface area contributed by atoms with E-state index in [0.29, 0.717) is 0 Å². The number of hydrogen-bond acceptors (Lipinski definition) is 17. The van der Waals surface area contributed by atoms with Gasteiger partial charge < -0.3 is 53.4 Å². The first-order valence-corrected chi connectivity index (χ1v) is 18.1. The molecule has 0 aliphatic carbocycles. The van der Waals surface area contributed by atoms with Gasteiger partial charge in [-0.05, 0) is 17.7 Å². The molecule has 1 aromatic rings. The predicted octanol–water partition coefficient (Wildman–Crippen LogP) is -0.534. The van der Waals surface area contributed by atoms with Crippen molar-refractivity contribution in [3.8, 4) is 18.1 Å². The summed E-state index contributed by atoms with van der Waals surface area (Å²) in [6, 6.07) is 4.00. The number of sulfone groups is 1. The molecule has 20 nitrogen and oxygen atoms in total. The number of benzene rings is 1. The second-order valence-electron chi connectivity index (χ2n) is 11.6. The monoisotopic (exact) mass is 785 g/mol. The Bertz CT molecular complexity index is 1690. The van der Waals surface area contributed by atoms with Gasteiger partial charge in [-0.15, -0.1) is 6.42 Å². The zero-order chi connectivity index (χ0) is 40.6. The van der Waals surface area contributed by atoms with Crippen LogP contribution in [-0.2, 0) is 78.4 Å². The minimum absolute atomic E-state index is 0.00193. The fourth-order valence-corrected chi connectivity index (χ4v) is 5.15. The Kier molecular flexibility index (Phi) is 17.6. The zero-order valence-corrected chi connectivity index (χ0v) is 31.3. The maximum atomic E-state index is 13.2. The van der Waals surface area contributed by atoms with Crippen LogP contribution in [0, 0.1) is 12.3 Å². The molecule has 0 bridgehead atoms. The van der Waals surface area contributed by atoms with Gasteiger partial charge in [0.25, 0.3) is 0 Å². The average molecular weight is 786 g/mol. The quantitative estimate of drug-likeness (QED) is 0.0821. The zero-order valence-electron chi connectivity index (χ0n) is 30.4. The molecule has 1 aliphatic heterocycles. The van der Waals surface area contributed by atoms with Crippen molar-refractivity contribution in [1.82, 2.24) is 10.2 Å². The van der Waals surface area contributed by atoms with E-state index in [4.69, 9.17) is 44.3 Å². The van der Waals surface area contributed by atoms with Crippen molar-refractivity contribution < 1.29 is 79.9 Å². The molecule has 0 saturated carbocycles. The first kappa shape index (κ1) is 44.7. The Morgan fingerprint density at radius 1 is 0.963 bits per heavy atom. The largest absolute Gasteiger partial charge is 0.467 e. The van der Waals surface area contributed by atoms with Crippen LogP contribution in [0.2, 0.25) is 0 Å².